The number of nitrogens with one attached hydrogen (secondary N) is 1. The third-order valence-electron chi connectivity index (χ3n) is 3.00. The van der Waals surface area contributed by atoms with E-state index in [0.717, 1.165) is 35.5 Å². The fourth-order valence-corrected chi connectivity index (χ4v) is 1.88. The molecule has 100 valence electrons. The van der Waals surface area contributed by atoms with Crippen LogP contribution >= 0.6 is 0 Å². The minimum Gasteiger partial charge on any atom is -0.398 e. The summed E-state index contributed by atoms with van der Waals surface area (Å²) in [6.45, 7) is 4.73. The fourth-order valence-electron chi connectivity index (χ4n) is 1.88. The molecule has 0 saturated heterocycles. The third kappa shape index (κ3) is 3.19. The molecule has 0 saturated carbocycles. The maximum atomic E-state index is 5.89. The van der Waals surface area contributed by atoms with Gasteiger partial charge in [0.1, 0.15) is 0 Å². The van der Waals surface area contributed by atoms with Crippen LogP contribution in [0.25, 0.3) is 0 Å². The number of para-hydroxylation sites is 1. The molecule has 5 nitrogen and oxygen atoms in total. The summed E-state index contributed by atoms with van der Waals surface area (Å²) in [6.07, 6.45) is 1.72. The van der Waals surface area contributed by atoms with Crippen LogP contribution in [0.1, 0.15) is 30.8 Å². The van der Waals surface area contributed by atoms with E-state index in [4.69, 9.17) is 5.73 Å². The van der Waals surface area contributed by atoms with Crippen molar-refractivity contribution in [2.75, 3.05) is 11.1 Å². The molecular weight excluding hydrogens is 238 g/mol. The Hall–Kier alpha value is -2.17. The average molecular weight is 257 g/mol. The highest BCUT2D eigenvalue weighted by Crippen LogP contribution is 2.12. The summed E-state index contributed by atoms with van der Waals surface area (Å²) in [7, 11) is 0. The van der Waals surface area contributed by atoms with Crippen LogP contribution in [0, 0.1) is 0 Å². The van der Waals surface area contributed by atoms with Gasteiger partial charge in [0.15, 0.2) is 0 Å². The van der Waals surface area contributed by atoms with Crippen LogP contribution in [0.4, 0.5) is 11.6 Å². The Morgan fingerprint density at radius 2 is 1.79 bits per heavy atom. The van der Waals surface area contributed by atoms with Gasteiger partial charge < -0.3 is 11.1 Å². The SMILES string of the molecule is CCc1nnc(NCc2ccccc2N)nc1CC. The maximum absolute atomic E-state index is 5.89. The van der Waals surface area contributed by atoms with Crippen molar-refractivity contribution in [3.63, 3.8) is 0 Å². The second-order valence-corrected chi connectivity index (χ2v) is 4.29. The maximum Gasteiger partial charge on any atom is 0.243 e. The zero-order valence-corrected chi connectivity index (χ0v) is 11.3. The van der Waals surface area contributed by atoms with Crippen molar-refractivity contribution in [1.82, 2.24) is 15.2 Å². The van der Waals surface area contributed by atoms with Gasteiger partial charge in [-0.1, -0.05) is 32.0 Å². The number of nitrogens with two attached hydrogens (primary N) is 1. The van der Waals surface area contributed by atoms with E-state index in [9.17, 15) is 0 Å². The predicted octanol–water partition coefficient (Wildman–Crippen LogP) is 2.19. The van der Waals surface area contributed by atoms with Gasteiger partial charge in [0.2, 0.25) is 5.95 Å². The summed E-state index contributed by atoms with van der Waals surface area (Å²) in [4.78, 5) is 4.48. The van der Waals surface area contributed by atoms with Crippen molar-refractivity contribution >= 4 is 11.6 Å². The lowest BCUT2D eigenvalue weighted by Gasteiger charge is -2.09. The number of anilines is 2. The van der Waals surface area contributed by atoms with Crippen LogP contribution in [0.2, 0.25) is 0 Å². The Bertz CT molecular complexity index is 553. The van der Waals surface area contributed by atoms with Gasteiger partial charge in [-0.2, -0.15) is 5.10 Å². The van der Waals surface area contributed by atoms with Crippen molar-refractivity contribution in [3.8, 4) is 0 Å². The van der Waals surface area contributed by atoms with Crippen LogP contribution in [-0.2, 0) is 19.4 Å². The van der Waals surface area contributed by atoms with Crippen molar-refractivity contribution < 1.29 is 0 Å². The fraction of sp³-hybridized carbons (Fsp3) is 0.357. The number of aryl methyl sites for hydroxylation is 2. The van der Waals surface area contributed by atoms with E-state index < -0.39 is 0 Å². The van der Waals surface area contributed by atoms with E-state index in [0.29, 0.717) is 12.5 Å². The molecular formula is C14H19N5. The lowest BCUT2D eigenvalue weighted by atomic mass is 10.2. The number of nitrogens with zero attached hydrogens (tertiary/aromatic N) is 3. The van der Waals surface area contributed by atoms with Gasteiger partial charge in [0, 0.05) is 12.2 Å². The van der Waals surface area contributed by atoms with E-state index in [1.807, 2.05) is 24.3 Å². The van der Waals surface area contributed by atoms with Crippen LogP contribution in [0.5, 0.6) is 0 Å². The molecule has 1 aromatic heterocycles. The molecule has 3 N–H and O–H groups in total. The molecule has 2 rings (SSSR count). The van der Waals surface area contributed by atoms with E-state index >= 15 is 0 Å². The number of hydrogen-bond donors (Lipinski definition) is 2. The monoisotopic (exact) mass is 257 g/mol. The van der Waals surface area contributed by atoms with Crippen molar-refractivity contribution in [3.05, 3.63) is 41.2 Å². The summed E-state index contributed by atoms with van der Waals surface area (Å²) in [5.41, 5.74) is 9.65. The van der Waals surface area contributed by atoms with E-state index in [1.165, 1.54) is 0 Å². The van der Waals surface area contributed by atoms with Crippen LogP contribution in [0.15, 0.2) is 24.3 Å². The van der Waals surface area contributed by atoms with Gasteiger partial charge in [0.05, 0.1) is 11.4 Å². The molecule has 19 heavy (non-hydrogen) atoms. The van der Waals surface area contributed by atoms with E-state index in [2.05, 4.69) is 34.3 Å². The summed E-state index contributed by atoms with van der Waals surface area (Å²) >= 11 is 0. The minimum absolute atomic E-state index is 0.553. The molecule has 1 aromatic carbocycles. The third-order valence-corrected chi connectivity index (χ3v) is 3.00. The second kappa shape index (κ2) is 6.13. The molecule has 2 aromatic rings. The molecule has 0 aliphatic rings. The Morgan fingerprint density at radius 3 is 2.47 bits per heavy atom. The van der Waals surface area contributed by atoms with Crippen LogP contribution in [0.3, 0.4) is 0 Å². The summed E-state index contributed by atoms with van der Waals surface area (Å²) in [6, 6.07) is 7.75. The Labute approximate surface area is 113 Å². The Morgan fingerprint density at radius 1 is 1.05 bits per heavy atom. The van der Waals surface area contributed by atoms with E-state index in [-0.39, 0.29) is 0 Å². The second-order valence-electron chi connectivity index (χ2n) is 4.29. The normalized spacial score (nSPS) is 10.4. The van der Waals surface area contributed by atoms with Crippen LogP contribution < -0.4 is 11.1 Å². The highest BCUT2D eigenvalue weighted by molar-refractivity contribution is 5.47. The van der Waals surface area contributed by atoms with Gasteiger partial charge >= 0.3 is 0 Å². The highest BCUT2D eigenvalue weighted by atomic mass is 15.2. The smallest absolute Gasteiger partial charge is 0.243 e. The minimum atomic E-state index is 0.553. The summed E-state index contributed by atoms with van der Waals surface area (Å²) < 4.78 is 0. The topological polar surface area (TPSA) is 76.7 Å². The molecule has 0 spiro atoms. The van der Waals surface area contributed by atoms with Gasteiger partial charge in [-0.3, -0.25) is 0 Å². The summed E-state index contributed by atoms with van der Waals surface area (Å²) in [5.74, 6) is 0.553. The molecule has 0 unspecified atom stereocenters. The number of benzene rings is 1. The first-order valence-electron chi connectivity index (χ1n) is 6.54. The van der Waals surface area contributed by atoms with Gasteiger partial charge in [-0.05, 0) is 24.5 Å². The zero-order chi connectivity index (χ0) is 13.7. The molecule has 0 aliphatic heterocycles. The molecule has 5 heteroatoms. The van der Waals surface area contributed by atoms with Crippen molar-refractivity contribution in [1.29, 1.82) is 0 Å². The predicted molar refractivity (Wildman–Crippen MR) is 76.8 cm³/mol. The molecule has 0 radical (unpaired) electrons. The van der Waals surface area contributed by atoms with Gasteiger partial charge in [-0.25, -0.2) is 4.98 Å². The number of nitrogen functional groups attached to an aromatic ring is 1. The van der Waals surface area contributed by atoms with Crippen LogP contribution in [-0.4, -0.2) is 15.2 Å². The van der Waals surface area contributed by atoms with Gasteiger partial charge in [0.25, 0.3) is 0 Å². The molecule has 0 fully saturated rings. The average Bonchev–Trinajstić information content (AvgIpc) is 2.46. The first kappa shape index (κ1) is 13.3. The molecule has 1 heterocycles. The number of hydrogen-bond acceptors (Lipinski definition) is 5. The lowest BCUT2D eigenvalue weighted by molar-refractivity contribution is 0.819. The molecule has 0 atom stereocenters. The first-order valence-corrected chi connectivity index (χ1v) is 6.54. The molecule has 0 bridgehead atoms. The van der Waals surface area contributed by atoms with Crippen molar-refractivity contribution in [2.45, 2.75) is 33.2 Å². The largest absolute Gasteiger partial charge is 0.398 e. The zero-order valence-electron chi connectivity index (χ0n) is 11.3. The van der Waals surface area contributed by atoms with Crippen molar-refractivity contribution in [2.24, 2.45) is 0 Å². The first-order chi connectivity index (χ1) is 9.24. The Balaban J connectivity index is 2.10. The summed E-state index contributed by atoms with van der Waals surface area (Å²) in [5, 5.41) is 11.4. The lowest BCUT2D eigenvalue weighted by Crippen LogP contribution is -2.10. The molecule has 0 aliphatic carbocycles. The van der Waals surface area contributed by atoms with Gasteiger partial charge in [-0.15, -0.1) is 5.10 Å². The highest BCUT2D eigenvalue weighted by Gasteiger charge is 2.06. The molecule has 0 amide bonds. The Kier molecular flexibility index (Phi) is 4.28. The number of rotatable bonds is 5. The standard InChI is InChI=1S/C14H19N5/c1-3-12-13(4-2)18-19-14(17-12)16-9-10-7-5-6-8-11(10)15/h5-8H,3-4,9,15H2,1-2H3,(H,16,17,19). The quantitative estimate of drug-likeness (QED) is 0.803. The number of aromatic nitrogens is 3. The van der Waals surface area contributed by atoms with E-state index in [1.54, 1.807) is 0 Å².